The van der Waals surface area contributed by atoms with Crippen LogP contribution in [0.5, 0.6) is 0 Å². The Hall–Kier alpha value is -1.86. The van der Waals surface area contributed by atoms with E-state index in [1.807, 2.05) is 0 Å². The number of carbonyl (C=O) groups excluding carboxylic acids is 1. The number of anilines is 3. The van der Waals surface area contributed by atoms with Gasteiger partial charge in [0.15, 0.2) is 11.0 Å². The Morgan fingerprint density at radius 2 is 2.47 bits per heavy atom. The van der Waals surface area contributed by atoms with Gasteiger partial charge in [-0.1, -0.05) is 0 Å². The van der Waals surface area contributed by atoms with Crippen LogP contribution < -0.4 is 10.2 Å². The van der Waals surface area contributed by atoms with E-state index in [1.54, 1.807) is 23.7 Å². The highest BCUT2D eigenvalue weighted by Gasteiger charge is 2.14. The van der Waals surface area contributed by atoms with Gasteiger partial charge >= 0.3 is 0 Å². The third kappa shape index (κ3) is 2.63. The molecule has 0 spiro atoms. The van der Waals surface area contributed by atoms with Crippen molar-refractivity contribution >= 4 is 34.6 Å². The van der Waals surface area contributed by atoms with Gasteiger partial charge in [-0.15, -0.1) is 11.3 Å². The first kappa shape index (κ1) is 11.6. The maximum Gasteiger partial charge on any atom is 0.222 e. The lowest BCUT2D eigenvalue weighted by atomic mass is 10.5. The maximum absolute atomic E-state index is 11.0. The van der Waals surface area contributed by atoms with Crippen molar-refractivity contribution in [2.24, 2.45) is 0 Å². The van der Waals surface area contributed by atoms with Crippen LogP contribution in [0.15, 0.2) is 28.1 Å². The SMILES string of the molecule is O=CN(c1ccc(NCCO)o1)c1nccs1. The third-order valence-electron chi connectivity index (χ3n) is 1.97. The van der Waals surface area contributed by atoms with E-state index in [9.17, 15) is 4.79 Å². The smallest absolute Gasteiger partial charge is 0.222 e. The molecule has 0 bridgehead atoms. The fourth-order valence-corrected chi connectivity index (χ4v) is 1.87. The van der Waals surface area contributed by atoms with E-state index < -0.39 is 0 Å². The van der Waals surface area contributed by atoms with Crippen LogP contribution in [0, 0.1) is 0 Å². The van der Waals surface area contributed by atoms with Gasteiger partial charge in [-0.25, -0.2) is 9.88 Å². The topological polar surface area (TPSA) is 78.6 Å². The number of furan rings is 1. The molecular formula is C10H11N3O3S. The van der Waals surface area contributed by atoms with E-state index in [-0.39, 0.29) is 6.61 Å². The lowest BCUT2D eigenvalue weighted by Gasteiger charge is -2.09. The molecule has 0 saturated heterocycles. The predicted molar refractivity (Wildman–Crippen MR) is 64.6 cm³/mol. The maximum atomic E-state index is 11.0. The van der Waals surface area contributed by atoms with Gasteiger partial charge in [-0.05, 0) is 0 Å². The molecule has 0 aliphatic heterocycles. The standard InChI is InChI=1S/C10H11N3O3S/c14-5-3-11-8-1-2-9(16-8)13(7-15)10-12-4-6-17-10/h1-2,4,6-7,11,14H,3,5H2. The third-order valence-corrected chi connectivity index (χ3v) is 2.74. The summed E-state index contributed by atoms with van der Waals surface area (Å²) < 4.78 is 5.40. The Morgan fingerprint density at radius 1 is 1.59 bits per heavy atom. The van der Waals surface area contributed by atoms with Gasteiger partial charge in [0.05, 0.1) is 6.61 Å². The Labute approximate surface area is 102 Å². The number of hydrogen-bond donors (Lipinski definition) is 2. The fourth-order valence-electron chi connectivity index (χ4n) is 1.26. The number of aliphatic hydroxyl groups excluding tert-OH is 1. The van der Waals surface area contributed by atoms with Gasteiger partial charge in [0.2, 0.25) is 12.3 Å². The number of nitrogens with one attached hydrogen (secondary N) is 1. The number of aromatic nitrogens is 1. The number of rotatable bonds is 6. The van der Waals surface area contributed by atoms with Gasteiger partial charge in [-0.3, -0.25) is 4.79 Å². The first-order valence-electron chi connectivity index (χ1n) is 4.93. The molecule has 0 aromatic carbocycles. The lowest BCUT2D eigenvalue weighted by Crippen LogP contribution is -2.12. The highest BCUT2D eigenvalue weighted by atomic mass is 32.1. The van der Waals surface area contributed by atoms with E-state index in [0.717, 1.165) is 0 Å². The summed E-state index contributed by atoms with van der Waals surface area (Å²) in [5.74, 6) is 0.882. The van der Waals surface area contributed by atoms with Crippen molar-refractivity contribution in [2.75, 3.05) is 23.4 Å². The van der Waals surface area contributed by atoms with Crippen LogP contribution in [-0.2, 0) is 4.79 Å². The second-order valence-corrected chi connectivity index (χ2v) is 3.95. The number of nitrogens with zero attached hydrogens (tertiary/aromatic N) is 2. The number of thiazole rings is 1. The Bertz CT molecular complexity index is 469. The zero-order valence-electron chi connectivity index (χ0n) is 8.87. The Morgan fingerprint density at radius 3 is 3.12 bits per heavy atom. The molecule has 0 aliphatic carbocycles. The number of carbonyl (C=O) groups is 1. The van der Waals surface area contributed by atoms with Crippen molar-refractivity contribution < 1.29 is 14.3 Å². The molecule has 6 nitrogen and oxygen atoms in total. The van der Waals surface area contributed by atoms with Crippen LogP contribution in [0.4, 0.5) is 16.9 Å². The molecule has 17 heavy (non-hydrogen) atoms. The molecular weight excluding hydrogens is 242 g/mol. The van der Waals surface area contributed by atoms with Crippen LogP contribution in [-0.4, -0.2) is 29.7 Å². The summed E-state index contributed by atoms with van der Waals surface area (Å²) in [6.07, 6.45) is 2.26. The van der Waals surface area contributed by atoms with Gasteiger partial charge < -0.3 is 14.8 Å². The molecule has 2 heterocycles. The monoisotopic (exact) mass is 253 g/mol. The molecule has 2 rings (SSSR count). The van der Waals surface area contributed by atoms with Gasteiger partial charge in [-0.2, -0.15) is 0 Å². The quantitative estimate of drug-likeness (QED) is 0.761. The number of hydrogen-bond acceptors (Lipinski definition) is 6. The lowest BCUT2D eigenvalue weighted by molar-refractivity contribution is -0.107. The van der Waals surface area contributed by atoms with Crippen molar-refractivity contribution in [3.05, 3.63) is 23.7 Å². The fraction of sp³-hybridized carbons (Fsp3) is 0.200. The van der Waals surface area contributed by atoms with Crippen molar-refractivity contribution in [1.29, 1.82) is 0 Å². The van der Waals surface area contributed by atoms with E-state index in [0.29, 0.717) is 29.9 Å². The average molecular weight is 253 g/mol. The predicted octanol–water partition coefficient (Wildman–Crippen LogP) is 1.43. The zero-order chi connectivity index (χ0) is 12.1. The molecule has 0 fully saturated rings. The second kappa shape index (κ2) is 5.46. The summed E-state index contributed by atoms with van der Waals surface area (Å²) in [7, 11) is 0. The minimum Gasteiger partial charge on any atom is -0.424 e. The van der Waals surface area contributed by atoms with Crippen molar-refractivity contribution in [3.8, 4) is 0 Å². The zero-order valence-corrected chi connectivity index (χ0v) is 9.68. The molecule has 1 amide bonds. The van der Waals surface area contributed by atoms with Crippen molar-refractivity contribution in [3.63, 3.8) is 0 Å². The van der Waals surface area contributed by atoms with Crippen LogP contribution in [0.2, 0.25) is 0 Å². The summed E-state index contributed by atoms with van der Waals surface area (Å²) in [6, 6.07) is 3.35. The van der Waals surface area contributed by atoms with Crippen molar-refractivity contribution in [1.82, 2.24) is 4.98 Å². The first-order valence-corrected chi connectivity index (χ1v) is 5.81. The van der Waals surface area contributed by atoms with Gasteiger partial charge in [0.1, 0.15) is 0 Å². The van der Waals surface area contributed by atoms with Gasteiger partial charge in [0, 0.05) is 30.3 Å². The number of amides is 1. The molecule has 90 valence electrons. The molecule has 0 aliphatic rings. The summed E-state index contributed by atoms with van der Waals surface area (Å²) in [5.41, 5.74) is 0. The van der Waals surface area contributed by atoms with E-state index in [4.69, 9.17) is 9.52 Å². The molecule has 2 N–H and O–H groups in total. The highest BCUT2D eigenvalue weighted by Crippen LogP contribution is 2.28. The van der Waals surface area contributed by atoms with E-state index >= 15 is 0 Å². The molecule has 2 aromatic rings. The molecule has 7 heteroatoms. The summed E-state index contributed by atoms with van der Waals surface area (Å²) in [4.78, 5) is 16.3. The van der Waals surface area contributed by atoms with Crippen LogP contribution in [0.3, 0.4) is 0 Å². The summed E-state index contributed by atoms with van der Waals surface area (Å²) in [5, 5.41) is 13.8. The van der Waals surface area contributed by atoms with Crippen LogP contribution >= 0.6 is 11.3 Å². The number of aliphatic hydroxyl groups is 1. The summed E-state index contributed by atoms with van der Waals surface area (Å²) in [6.45, 7) is 0.408. The van der Waals surface area contributed by atoms with E-state index in [2.05, 4.69) is 10.3 Å². The molecule has 0 atom stereocenters. The Kier molecular flexibility index (Phi) is 3.73. The first-order chi connectivity index (χ1) is 8.35. The minimum absolute atomic E-state index is 0.0138. The van der Waals surface area contributed by atoms with E-state index in [1.165, 1.54) is 16.2 Å². The largest absolute Gasteiger partial charge is 0.424 e. The second-order valence-electron chi connectivity index (χ2n) is 3.08. The average Bonchev–Trinajstić information content (AvgIpc) is 2.99. The highest BCUT2D eigenvalue weighted by molar-refractivity contribution is 7.13. The van der Waals surface area contributed by atoms with Gasteiger partial charge in [0.25, 0.3) is 0 Å². The Balaban J connectivity index is 2.15. The summed E-state index contributed by atoms with van der Waals surface area (Å²) >= 11 is 1.34. The molecule has 0 unspecified atom stereocenters. The normalized spacial score (nSPS) is 10.2. The van der Waals surface area contributed by atoms with Crippen LogP contribution in [0.1, 0.15) is 0 Å². The molecule has 0 saturated carbocycles. The minimum atomic E-state index is 0.0138. The van der Waals surface area contributed by atoms with Crippen molar-refractivity contribution in [2.45, 2.75) is 0 Å². The van der Waals surface area contributed by atoms with Crippen LogP contribution in [0.25, 0.3) is 0 Å². The molecule has 0 radical (unpaired) electrons. The molecule has 2 aromatic heterocycles.